The number of H-pyrrole nitrogens is 1. The molecule has 5 nitrogen and oxygen atoms in total. The molecule has 2 heterocycles. The predicted octanol–water partition coefficient (Wildman–Crippen LogP) is 4.63. The van der Waals surface area contributed by atoms with Gasteiger partial charge in [0.05, 0.1) is 7.11 Å². The normalized spacial score (nSPS) is 18.0. The first kappa shape index (κ1) is 16.6. The quantitative estimate of drug-likeness (QED) is 0.570. The molecule has 4 aromatic rings. The number of fused-ring (bicyclic) bond motifs is 1. The second-order valence-corrected chi connectivity index (χ2v) is 6.92. The van der Waals surface area contributed by atoms with E-state index in [2.05, 4.69) is 63.7 Å². The first-order chi connectivity index (χ1) is 13.8. The maximum absolute atomic E-state index is 5.49. The first-order valence-corrected chi connectivity index (χ1v) is 9.15. The van der Waals surface area contributed by atoms with E-state index in [1.165, 1.54) is 17.5 Å². The molecule has 0 aliphatic heterocycles. The fraction of sp³-hybridized carbons (Fsp3) is 0.130. The Morgan fingerprint density at radius 1 is 1.07 bits per heavy atom. The smallest absolute Gasteiger partial charge is 0.181 e. The van der Waals surface area contributed by atoms with Gasteiger partial charge in [0, 0.05) is 23.1 Å². The molecule has 0 saturated carbocycles. The molecule has 0 spiro atoms. The number of aromatic amines is 1. The Morgan fingerprint density at radius 2 is 1.93 bits per heavy atom. The number of aromatic nitrogens is 3. The summed E-state index contributed by atoms with van der Waals surface area (Å²) in [6, 6.07) is 18.8. The van der Waals surface area contributed by atoms with Gasteiger partial charge in [-0.05, 0) is 23.3 Å². The highest BCUT2D eigenvalue weighted by Gasteiger charge is 2.37. The number of methoxy groups -OCH3 is 1. The zero-order chi connectivity index (χ0) is 19.0. The lowest BCUT2D eigenvalue weighted by Gasteiger charge is -2.34. The van der Waals surface area contributed by atoms with Crippen molar-refractivity contribution in [3.05, 3.63) is 95.7 Å². The van der Waals surface area contributed by atoms with Crippen LogP contribution in [-0.4, -0.2) is 22.3 Å². The molecule has 5 heteroatoms. The van der Waals surface area contributed by atoms with Gasteiger partial charge in [0.2, 0.25) is 0 Å². The molecule has 138 valence electrons. The Bertz CT molecular complexity index is 1130. The van der Waals surface area contributed by atoms with Crippen LogP contribution in [-0.2, 0) is 11.8 Å². The molecule has 28 heavy (non-hydrogen) atoms. The first-order valence-electron chi connectivity index (χ1n) is 9.15. The lowest BCUT2D eigenvalue weighted by Crippen LogP contribution is -2.30. The SMILES string of the molecule is COc1cccc(C2(c3ccccc3)C=Cc3c(-c4cocn4)n[nH]c3C2)c1. The van der Waals surface area contributed by atoms with E-state index in [1.807, 2.05) is 18.2 Å². The largest absolute Gasteiger partial charge is 0.497 e. The Balaban J connectivity index is 1.67. The zero-order valence-corrected chi connectivity index (χ0v) is 15.4. The van der Waals surface area contributed by atoms with Gasteiger partial charge in [0.25, 0.3) is 0 Å². The molecule has 1 atom stereocenters. The lowest BCUT2D eigenvalue weighted by atomic mass is 9.68. The van der Waals surface area contributed by atoms with E-state index in [0.29, 0.717) is 0 Å². The van der Waals surface area contributed by atoms with Gasteiger partial charge in [-0.2, -0.15) is 5.10 Å². The lowest BCUT2D eigenvalue weighted by molar-refractivity contribution is 0.413. The molecule has 0 fully saturated rings. The van der Waals surface area contributed by atoms with Crippen LogP contribution in [0.3, 0.4) is 0 Å². The molecule has 0 saturated heterocycles. The second-order valence-electron chi connectivity index (χ2n) is 6.92. The molecule has 2 aromatic carbocycles. The van der Waals surface area contributed by atoms with E-state index < -0.39 is 0 Å². The third-order valence-corrected chi connectivity index (χ3v) is 5.42. The van der Waals surface area contributed by atoms with Crippen LogP contribution < -0.4 is 4.74 Å². The maximum atomic E-state index is 5.49. The number of ether oxygens (including phenoxy) is 1. The van der Waals surface area contributed by atoms with Gasteiger partial charge in [0.15, 0.2) is 6.39 Å². The molecule has 1 N–H and O–H groups in total. The molecule has 5 rings (SSSR count). The highest BCUT2D eigenvalue weighted by atomic mass is 16.5. The van der Waals surface area contributed by atoms with E-state index in [0.717, 1.165) is 34.8 Å². The zero-order valence-electron chi connectivity index (χ0n) is 15.4. The number of oxazole rings is 1. The number of nitrogens with one attached hydrogen (secondary N) is 1. The number of hydrogen-bond donors (Lipinski definition) is 1. The highest BCUT2D eigenvalue weighted by molar-refractivity contribution is 5.74. The Morgan fingerprint density at radius 3 is 2.71 bits per heavy atom. The number of nitrogens with zero attached hydrogens (tertiary/aromatic N) is 2. The molecular formula is C23H19N3O2. The molecule has 0 radical (unpaired) electrons. The van der Waals surface area contributed by atoms with Crippen molar-refractivity contribution < 1.29 is 9.15 Å². The van der Waals surface area contributed by atoms with Crippen molar-refractivity contribution >= 4 is 6.08 Å². The summed E-state index contributed by atoms with van der Waals surface area (Å²) in [5.41, 5.74) is 5.77. The summed E-state index contributed by atoms with van der Waals surface area (Å²) in [6.45, 7) is 0. The number of benzene rings is 2. The van der Waals surface area contributed by atoms with Crippen LogP contribution in [0.15, 0.2) is 77.7 Å². The van der Waals surface area contributed by atoms with Gasteiger partial charge in [-0.15, -0.1) is 0 Å². The van der Waals surface area contributed by atoms with Crippen molar-refractivity contribution in [1.29, 1.82) is 0 Å². The van der Waals surface area contributed by atoms with Crippen LogP contribution >= 0.6 is 0 Å². The predicted molar refractivity (Wildman–Crippen MR) is 107 cm³/mol. The second kappa shape index (κ2) is 6.53. The molecule has 1 aliphatic carbocycles. The molecular weight excluding hydrogens is 350 g/mol. The standard InChI is InChI=1S/C23H19N3O2/c1-27-18-9-5-8-17(12-18)23(16-6-3-2-4-7-16)11-10-19-20(13-23)25-26-22(19)21-14-28-15-24-21/h2-12,14-15H,13H2,1H3,(H,25,26). The molecule has 1 unspecified atom stereocenters. The Labute approximate surface area is 162 Å². The highest BCUT2D eigenvalue weighted by Crippen LogP contribution is 2.43. The van der Waals surface area contributed by atoms with E-state index in [9.17, 15) is 0 Å². The average Bonchev–Trinajstić information content (AvgIpc) is 3.43. The summed E-state index contributed by atoms with van der Waals surface area (Å²) in [5.74, 6) is 0.847. The van der Waals surface area contributed by atoms with Crippen LogP contribution in [0.2, 0.25) is 0 Å². The minimum Gasteiger partial charge on any atom is -0.497 e. The minimum absolute atomic E-state index is 0.309. The van der Waals surface area contributed by atoms with Crippen molar-refractivity contribution in [2.45, 2.75) is 11.8 Å². The van der Waals surface area contributed by atoms with Gasteiger partial charge in [-0.3, -0.25) is 5.10 Å². The number of rotatable bonds is 4. The molecule has 0 bridgehead atoms. The van der Waals surface area contributed by atoms with Gasteiger partial charge < -0.3 is 9.15 Å². The third kappa shape index (κ3) is 2.55. The summed E-state index contributed by atoms with van der Waals surface area (Å²) in [6.07, 6.45) is 8.21. The van der Waals surface area contributed by atoms with Crippen molar-refractivity contribution in [3.8, 4) is 17.1 Å². The summed E-state index contributed by atoms with van der Waals surface area (Å²) in [7, 11) is 1.70. The maximum Gasteiger partial charge on any atom is 0.181 e. The minimum atomic E-state index is -0.309. The summed E-state index contributed by atoms with van der Waals surface area (Å²) < 4.78 is 10.6. The Hall–Kier alpha value is -3.60. The van der Waals surface area contributed by atoms with E-state index >= 15 is 0 Å². The van der Waals surface area contributed by atoms with Crippen LogP contribution in [0.1, 0.15) is 22.4 Å². The van der Waals surface area contributed by atoms with Gasteiger partial charge in [0.1, 0.15) is 23.4 Å². The van der Waals surface area contributed by atoms with Crippen LogP contribution in [0, 0.1) is 0 Å². The molecule has 2 aromatic heterocycles. The summed E-state index contributed by atoms with van der Waals surface area (Å²) in [4.78, 5) is 4.24. The topological polar surface area (TPSA) is 63.9 Å². The fourth-order valence-corrected chi connectivity index (χ4v) is 3.99. The van der Waals surface area contributed by atoms with Gasteiger partial charge >= 0.3 is 0 Å². The van der Waals surface area contributed by atoms with Crippen molar-refractivity contribution in [3.63, 3.8) is 0 Å². The summed E-state index contributed by atoms with van der Waals surface area (Å²) >= 11 is 0. The molecule has 1 aliphatic rings. The van der Waals surface area contributed by atoms with Crippen molar-refractivity contribution in [2.75, 3.05) is 7.11 Å². The van der Waals surface area contributed by atoms with Crippen molar-refractivity contribution in [1.82, 2.24) is 15.2 Å². The van der Waals surface area contributed by atoms with Crippen molar-refractivity contribution in [2.24, 2.45) is 0 Å². The van der Waals surface area contributed by atoms with Gasteiger partial charge in [-0.1, -0.05) is 54.6 Å². The monoisotopic (exact) mass is 369 g/mol. The van der Waals surface area contributed by atoms with Crippen LogP contribution in [0.5, 0.6) is 5.75 Å². The number of hydrogen-bond acceptors (Lipinski definition) is 4. The average molecular weight is 369 g/mol. The van der Waals surface area contributed by atoms with Crippen LogP contribution in [0.4, 0.5) is 0 Å². The van der Waals surface area contributed by atoms with E-state index in [4.69, 9.17) is 9.15 Å². The number of allylic oxidation sites excluding steroid dienone is 1. The van der Waals surface area contributed by atoms with E-state index in [-0.39, 0.29) is 5.41 Å². The van der Waals surface area contributed by atoms with Crippen LogP contribution in [0.25, 0.3) is 17.5 Å². The van der Waals surface area contributed by atoms with Gasteiger partial charge in [-0.25, -0.2) is 4.98 Å². The summed E-state index contributed by atoms with van der Waals surface area (Å²) in [5, 5.41) is 7.73. The van der Waals surface area contributed by atoms with E-state index in [1.54, 1.807) is 13.4 Å². The fourth-order valence-electron chi connectivity index (χ4n) is 3.99. The Kier molecular flexibility index (Phi) is 3.86. The molecule has 0 amide bonds. The third-order valence-electron chi connectivity index (χ3n) is 5.42.